The van der Waals surface area contributed by atoms with E-state index in [-0.39, 0.29) is 17.9 Å². The van der Waals surface area contributed by atoms with E-state index in [2.05, 4.69) is 18.9 Å². The first-order chi connectivity index (χ1) is 12.1. The molecule has 1 atom stereocenters. The second-order valence-corrected chi connectivity index (χ2v) is 6.61. The van der Waals surface area contributed by atoms with Gasteiger partial charge in [-0.15, -0.1) is 0 Å². The summed E-state index contributed by atoms with van der Waals surface area (Å²) in [5.41, 5.74) is 1.00. The van der Waals surface area contributed by atoms with Gasteiger partial charge in [-0.1, -0.05) is 44.2 Å². The standard InChI is InChI=1S/C19H26N4O2/c1-4-25-13-10-16(24)22-11-12-23-19(17(22)14(2)3)20-18(21-23)15-8-6-5-7-9-15/h5-9,14,17H,4,10-13H2,1-3H3/t17-/m0/s1. The van der Waals surface area contributed by atoms with Crippen molar-refractivity contribution in [1.82, 2.24) is 19.7 Å². The van der Waals surface area contributed by atoms with Gasteiger partial charge in [0.1, 0.15) is 0 Å². The van der Waals surface area contributed by atoms with Crippen LogP contribution in [0.25, 0.3) is 11.4 Å². The summed E-state index contributed by atoms with van der Waals surface area (Å²) in [6.45, 7) is 8.64. The highest BCUT2D eigenvalue weighted by Crippen LogP contribution is 2.32. The molecule has 0 N–H and O–H groups in total. The van der Waals surface area contributed by atoms with Crippen molar-refractivity contribution in [2.75, 3.05) is 19.8 Å². The smallest absolute Gasteiger partial charge is 0.225 e. The lowest BCUT2D eigenvalue weighted by atomic mass is 9.99. The molecule has 0 unspecified atom stereocenters. The van der Waals surface area contributed by atoms with E-state index >= 15 is 0 Å². The van der Waals surface area contributed by atoms with Gasteiger partial charge in [0.2, 0.25) is 5.91 Å². The molecule has 6 nitrogen and oxygen atoms in total. The lowest BCUT2D eigenvalue weighted by Gasteiger charge is -2.37. The van der Waals surface area contributed by atoms with Gasteiger partial charge in [0, 0.05) is 18.7 Å². The summed E-state index contributed by atoms with van der Waals surface area (Å²) in [5.74, 6) is 2.00. The van der Waals surface area contributed by atoms with E-state index in [9.17, 15) is 4.79 Å². The lowest BCUT2D eigenvalue weighted by Crippen LogP contribution is -2.44. The second-order valence-electron chi connectivity index (χ2n) is 6.61. The van der Waals surface area contributed by atoms with Crippen LogP contribution in [0.1, 0.15) is 39.1 Å². The van der Waals surface area contributed by atoms with E-state index in [1.54, 1.807) is 0 Å². The zero-order chi connectivity index (χ0) is 17.8. The summed E-state index contributed by atoms with van der Waals surface area (Å²) in [7, 11) is 0. The minimum Gasteiger partial charge on any atom is -0.381 e. The maximum atomic E-state index is 12.7. The predicted octanol–water partition coefficient (Wildman–Crippen LogP) is 2.91. The Morgan fingerprint density at radius 3 is 2.72 bits per heavy atom. The number of hydrogen-bond acceptors (Lipinski definition) is 4. The third kappa shape index (κ3) is 3.74. The topological polar surface area (TPSA) is 60.2 Å². The fourth-order valence-electron chi connectivity index (χ4n) is 3.31. The van der Waals surface area contributed by atoms with E-state index in [1.165, 1.54) is 0 Å². The van der Waals surface area contributed by atoms with E-state index in [0.717, 1.165) is 17.2 Å². The first-order valence-electron chi connectivity index (χ1n) is 8.99. The van der Waals surface area contributed by atoms with Gasteiger partial charge < -0.3 is 9.64 Å². The van der Waals surface area contributed by atoms with Gasteiger partial charge in [0.05, 0.1) is 25.6 Å². The highest BCUT2D eigenvalue weighted by molar-refractivity contribution is 5.77. The van der Waals surface area contributed by atoms with Crippen LogP contribution in [0, 0.1) is 5.92 Å². The Bertz CT molecular complexity index is 711. The number of benzene rings is 1. The van der Waals surface area contributed by atoms with Crippen LogP contribution in [0.2, 0.25) is 0 Å². The zero-order valence-electron chi connectivity index (χ0n) is 15.2. The van der Waals surface area contributed by atoms with E-state index in [0.29, 0.717) is 32.7 Å². The van der Waals surface area contributed by atoms with Crippen LogP contribution in [0.4, 0.5) is 0 Å². The molecule has 0 radical (unpaired) electrons. The molecule has 0 spiro atoms. The van der Waals surface area contributed by atoms with Gasteiger partial charge in [-0.3, -0.25) is 4.79 Å². The normalized spacial score (nSPS) is 17.0. The van der Waals surface area contributed by atoms with Crippen molar-refractivity contribution in [2.45, 2.75) is 39.8 Å². The Labute approximate surface area is 148 Å². The van der Waals surface area contributed by atoms with Crippen LogP contribution in [0.15, 0.2) is 30.3 Å². The summed E-state index contributed by atoms with van der Waals surface area (Å²) >= 11 is 0. The van der Waals surface area contributed by atoms with Crippen molar-refractivity contribution in [2.24, 2.45) is 5.92 Å². The number of amides is 1. The number of rotatable bonds is 6. The molecule has 6 heteroatoms. The Balaban J connectivity index is 1.86. The van der Waals surface area contributed by atoms with Crippen LogP contribution in [-0.4, -0.2) is 45.3 Å². The van der Waals surface area contributed by atoms with Gasteiger partial charge in [0.15, 0.2) is 11.6 Å². The van der Waals surface area contributed by atoms with Gasteiger partial charge >= 0.3 is 0 Å². The largest absolute Gasteiger partial charge is 0.381 e. The molecule has 0 aliphatic carbocycles. The van der Waals surface area contributed by atoms with Crippen molar-refractivity contribution >= 4 is 5.91 Å². The van der Waals surface area contributed by atoms with Gasteiger partial charge in [-0.25, -0.2) is 9.67 Å². The molecule has 0 saturated carbocycles. The Morgan fingerprint density at radius 2 is 2.04 bits per heavy atom. The summed E-state index contributed by atoms with van der Waals surface area (Å²) in [5, 5.41) is 4.67. The van der Waals surface area contributed by atoms with Crippen LogP contribution in [-0.2, 0) is 16.1 Å². The molecule has 2 heterocycles. The minimum atomic E-state index is -0.0483. The van der Waals surface area contributed by atoms with Crippen molar-refractivity contribution in [1.29, 1.82) is 0 Å². The van der Waals surface area contributed by atoms with Crippen LogP contribution >= 0.6 is 0 Å². The molecule has 1 amide bonds. The molecule has 0 fully saturated rings. The van der Waals surface area contributed by atoms with Crippen molar-refractivity contribution in [3.05, 3.63) is 36.2 Å². The molecular formula is C19H26N4O2. The summed E-state index contributed by atoms with van der Waals surface area (Å²) < 4.78 is 7.30. The predicted molar refractivity (Wildman–Crippen MR) is 95.9 cm³/mol. The number of fused-ring (bicyclic) bond motifs is 1. The van der Waals surface area contributed by atoms with Gasteiger partial charge in [-0.05, 0) is 12.8 Å². The molecular weight excluding hydrogens is 316 g/mol. The molecule has 0 saturated heterocycles. The monoisotopic (exact) mass is 342 g/mol. The highest BCUT2D eigenvalue weighted by Gasteiger charge is 2.35. The number of hydrogen-bond donors (Lipinski definition) is 0. The fraction of sp³-hybridized carbons (Fsp3) is 0.526. The Kier molecular flexibility index (Phi) is 5.48. The number of carbonyl (C=O) groups excluding carboxylic acids is 1. The molecule has 1 aliphatic rings. The van der Waals surface area contributed by atoms with E-state index in [4.69, 9.17) is 9.72 Å². The SMILES string of the molecule is CCOCCC(=O)N1CCn2nc(-c3ccccc3)nc2[C@@H]1C(C)C. The Hall–Kier alpha value is -2.21. The molecule has 1 aromatic carbocycles. The number of ether oxygens (including phenoxy) is 1. The molecule has 25 heavy (non-hydrogen) atoms. The first kappa shape index (κ1) is 17.6. The van der Waals surface area contributed by atoms with Crippen LogP contribution in [0.5, 0.6) is 0 Å². The summed E-state index contributed by atoms with van der Waals surface area (Å²) in [6.07, 6.45) is 0.413. The third-order valence-electron chi connectivity index (χ3n) is 4.50. The maximum Gasteiger partial charge on any atom is 0.225 e. The molecule has 0 bridgehead atoms. The average molecular weight is 342 g/mol. The molecule has 1 aromatic heterocycles. The van der Waals surface area contributed by atoms with Gasteiger partial charge in [0.25, 0.3) is 0 Å². The number of carbonyl (C=O) groups is 1. The maximum absolute atomic E-state index is 12.7. The number of nitrogens with zero attached hydrogens (tertiary/aromatic N) is 4. The molecule has 3 rings (SSSR count). The first-order valence-corrected chi connectivity index (χ1v) is 8.99. The highest BCUT2D eigenvalue weighted by atomic mass is 16.5. The van der Waals surface area contributed by atoms with E-state index in [1.807, 2.05) is 46.8 Å². The summed E-state index contributed by atoms with van der Waals surface area (Å²) in [4.78, 5) is 19.4. The van der Waals surface area contributed by atoms with E-state index < -0.39 is 0 Å². The van der Waals surface area contributed by atoms with Crippen LogP contribution < -0.4 is 0 Å². The zero-order valence-corrected chi connectivity index (χ0v) is 15.2. The molecule has 134 valence electrons. The lowest BCUT2D eigenvalue weighted by molar-refractivity contribution is -0.137. The van der Waals surface area contributed by atoms with Gasteiger partial charge in [-0.2, -0.15) is 5.10 Å². The Morgan fingerprint density at radius 1 is 1.28 bits per heavy atom. The fourth-order valence-corrected chi connectivity index (χ4v) is 3.31. The van der Waals surface area contributed by atoms with Crippen molar-refractivity contribution in [3.8, 4) is 11.4 Å². The van der Waals surface area contributed by atoms with Crippen molar-refractivity contribution in [3.63, 3.8) is 0 Å². The average Bonchev–Trinajstić information content (AvgIpc) is 3.05. The third-order valence-corrected chi connectivity index (χ3v) is 4.50. The molecule has 2 aromatic rings. The quantitative estimate of drug-likeness (QED) is 0.757. The van der Waals surface area contributed by atoms with Crippen LogP contribution in [0.3, 0.4) is 0 Å². The minimum absolute atomic E-state index is 0.0483. The summed E-state index contributed by atoms with van der Waals surface area (Å²) in [6, 6.07) is 9.92. The number of aromatic nitrogens is 3. The second kappa shape index (κ2) is 7.78. The molecule has 1 aliphatic heterocycles. The van der Waals surface area contributed by atoms with Crippen molar-refractivity contribution < 1.29 is 9.53 Å².